The molecule has 0 spiro atoms. The van der Waals surface area contributed by atoms with E-state index in [4.69, 9.17) is 4.74 Å². The molecule has 2 N–H and O–H groups in total. The number of carbonyl (C=O) groups excluding carboxylic acids is 1. The van der Waals surface area contributed by atoms with Crippen LogP contribution < -0.4 is 20.3 Å². The highest BCUT2D eigenvalue weighted by molar-refractivity contribution is 14.0. The van der Waals surface area contributed by atoms with Crippen LogP contribution in [0.15, 0.2) is 46.1 Å². The molecule has 0 radical (unpaired) electrons. The maximum Gasteiger partial charge on any atom is 0.265 e. The molecule has 0 fully saturated rings. The first-order valence-corrected chi connectivity index (χ1v) is 10.1. The van der Waals surface area contributed by atoms with E-state index in [2.05, 4.69) is 39.4 Å². The number of para-hydroxylation sites is 2. The number of ether oxygens (including phenoxy) is 1. The lowest BCUT2D eigenvalue weighted by molar-refractivity contribution is -0.121. The van der Waals surface area contributed by atoms with Crippen molar-refractivity contribution >= 4 is 52.9 Å². The number of aliphatic imine (C=N–C) groups is 1. The number of amides is 1. The van der Waals surface area contributed by atoms with Gasteiger partial charge in [-0.2, -0.15) is 11.3 Å². The first-order chi connectivity index (χ1) is 13.2. The number of fused-ring (bicyclic) bond motifs is 1. The lowest BCUT2D eigenvalue weighted by Gasteiger charge is -2.29. The molecule has 1 atom stereocenters. The van der Waals surface area contributed by atoms with Gasteiger partial charge in [0.1, 0.15) is 5.75 Å². The normalized spacial score (nSPS) is 14.6. The van der Waals surface area contributed by atoms with Crippen molar-refractivity contribution in [2.45, 2.75) is 19.3 Å². The van der Waals surface area contributed by atoms with Gasteiger partial charge in [-0.1, -0.05) is 19.1 Å². The number of carbonyl (C=O) groups is 1. The van der Waals surface area contributed by atoms with Gasteiger partial charge in [-0.25, -0.2) is 0 Å². The van der Waals surface area contributed by atoms with Crippen LogP contribution in [0.3, 0.4) is 0 Å². The number of anilines is 1. The van der Waals surface area contributed by atoms with E-state index in [1.807, 2.05) is 24.3 Å². The second-order valence-electron chi connectivity index (χ2n) is 6.49. The summed E-state index contributed by atoms with van der Waals surface area (Å²) >= 11 is 1.72. The van der Waals surface area contributed by atoms with Crippen LogP contribution in [0, 0.1) is 0 Å². The molecule has 1 unspecified atom stereocenters. The predicted molar refractivity (Wildman–Crippen MR) is 126 cm³/mol. The third-order valence-electron chi connectivity index (χ3n) is 4.57. The number of thiophene rings is 1. The monoisotopic (exact) mass is 514 g/mol. The molecule has 1 aromatic carbocycles. The minimum absolute atomic E-state index is 0. The van der Waals surface area contributed by atoms with Crippen molar-refractivity contribution in [3.8, 4) is 5.75 Å². The van der Waals surface area contributed by atoms with Crippen LogP contribution >= 0.6 is 35.3 Å². The van der Waals surface area contributed by atoms with Gasteiger partial charge < -0.3 is 20.3 Å². The summed E-state index contributed by atoms with van der Waals surface area (Å²) in [7, 11) is 1.77. The summed E-state index contributed by atoms with van der Waals surface area (Å²) in [5.74, 6) is 1.98. The summed E-state index contributed by atoms with van der Waals surface area (Å²) in [5.41, 5.74) is 2.19. The van der Waals surface area contributed by atoms with E-state index < -0.39 is 0 Å². The van der Waals surface area contributed by atoms with Crippen molar-refractivity contribution in [1.29, 1.82) is 0 Å². The molecule has 1 aromatic heterocycles. The third-order valence-corrected chi connectivity index (χ3v) is 5.27. The van der Waals surface area contributed by atoms with Gasteiger partial charge in [0.2, 0.25) is 0 Å². The summed E-state index contributed by atoms with van der Waals surface area (Å²) in [5, 5.41) is 11.0. The Balaban J connectivity index is 0.00000280. The van der Waals surface area contributed by atoms with Crippen molar-refractivity contribution in [3.63, 3.8) is 0 Å². The predicted octanol–water partition coefficient (Wildman–Crippen LogP) is 3.45. The average molecular weight is 514 g/mol. The Bertz CT molecular complexity index is 782. The van der Waals surface area contributed by atoms with Crippen molar-refractivity contribution in [1.82, 2.24) is 10.6 Å². The summed E-state index contributed by atoms with van der Waals surface area (Å²) < 4.78 is 5.48. The molecule has 2 heterocycles. The molecule has 28 heavy (non-hydrogen) atoms. The van der Waals surface area contributed by atoms with Gasteiger partial charge in [-0.3, -0.25) is 9.79 Å². The van der Waals surface area contributed by atoms with E-state index in [1.165, 1.54) is 5.56 Å². The molecule has 0 saturated carbocycles. The number of halogens is 1. The lowest BCUT2D eigenvalue weighted by Crippen LogP contribution is -2.42. The lowest BCUT2D eigenvalue weighted by atomic mass is 10.1. The molecule has 0 aliphatic carbocycles. The average Bonchev–Trinajstić information content (AvgIpc) is 3.23. The van der Waals surface area contributed by atoms with Gasteiger partial charge in [0.25, 0.3) is 5.91 Å². The Labute approximate surface area is 187 Å². The van der Waals surface area contributed by atoms with Crippen LogP contribution in [-0.2, 0) is 4.79 Å². The first kappa shape index (κ1) is 22.5. The Kier molecular flexibility index (Phi) is 9.04. The van der Waals surface area contributed by atoms with Crippen LogP contribution in [-0.4, -0.2) is 45.2 Å². The number of rotatable bonds is 7. The quantitative estimate of drug-likeness (QED) is 0.257. The van der Waals surface area contributed by atoms with E-state index in [0.29, 0.717) is 12.5 Å². The largest absolute Gasteiger partial charge is 0.482 e. The van der Waals surface area contributed by atoms with E-state index >= 15 is 0 Å². The van der Waals surface area contributed by atoms with Crippen LogP contribution in [0.1, 0.15) is 24.8 Å². The molecule has 1 aliphatic rings. The zero-order valence-electron chi connectivity index (χ0n) is 16.2. The maximum absolute atomic E-state index is 12.2. The third kappa shape index (κ3) is 5.84. The Morgan fingerprint density at radius 1 is 1.32 bits per heavy atom. The van der Waals surface area contributed by atoms with Crippen LogP contribution in [0.5, 0.6) is 5.75 Å². The highest BCUT2D eigenvalue weighted by atomic mass is 127. The van der Waals surface area contributed by atoms with Gasteiger partial charge in [0, 0.05) is 26.7 Å². The smallest absolute Gasteiger partial charge is 0.265 e. The van der Waals surface area contributed by atoms with E-state index in [-0.39, 0.29) is 36.5 Å². The van der Waals surface area contributed by atoms with Gasteiger partial charge in [0.05, 0.1) is 5.69 Å². The van der Waals surface area contributed by atoms with Gasteiger partial charge >= 0.3 is 0 Å². The molecule has 0 saturated heterocycles. The first-order valence-electron chi connectivity index (χ1n) is 9.18. The topological polar surface area (TPSA) is 66.0 Å². The molecule has 3 rings (SSSR count). The minimum atomic E-state index is 0. The number of nitrogens with zero attached hydrogens (tertiary/aromatic N) is 2. The van der Waals surface area contributed by atoms with Crippen LogP contribution in [0.2, 0.25) is 0 Å². The molecular formula is C20H27IN4O2S. The Morgan fingerprint density at radius 3 is 2.89 bits per heavy atom. The Morgan fingerprint density at radius 2 is 2.14 bits per heavy atom. The van der Waals surface area contributed by atoms with Crippen molar-refractivity contribution in [3.05, 3.63) is 46.7 Å². The number of guanidine groups is 1. The fraction of sp³-hybridized carbons (Fsp3) is 0.400. The molecule has 1 amide bonds. The SMILES string of the molecule is CN=C(NCCCN1C(=O)COc2ccccc21)NCC(C)c1ccsc1.I. The maximum atomic E-state index is 12.2. The Hall–Kier alpha value is -1.81. The second kappa shape index (κ2) is 11.3. The zero-order valence-corrected chi connectivity index (χ0v) is 19.3. The standard InChI is InChI=1S/C20H26N4O2S.HI/c1-15(16-8-11-27-14-16)12-23-20(21-2)22-9-5-10-24-17-6-3-4-7-18(17)26-13-19(24)25;/h3-4,6-8,11,14-15H,5,9-10,12-13H2,1-2H3,(H2,21,22,23);1H. The number of nitrogens with one attached hydrogen (secondary N) is 2. The van der Waals surface area contributed by atoms with Crippen molar-refractivity contribution in [2.75, 3.05) is 38.2 Å². The van der Waals surface area contributed by atoms with Crippen LogP contribution in [0.4, 0.5) is 5.69 Å². The summed E-state index contributed by atoms with van der Waals surface area (Å²) in [6.45, 7) is 4.51. The van der Waals surface area contributed by atoms with Crippen LogP contribution in [0.25, 0.3) is 0 Å². The molecule has 152 valence electrons. The summed E-state index contributed by atoms with van der Waals surface area (Å²) in [6.07, 6.45) is 0.820. The molecule has 1 aliphatic heterocycles. The summed E-state index contributed by atoms with van der Waals surface area (Å²) in [6, 6.07) is 9.82. The van der Waals surface area contributed by atoms with Gasteiger partial charge in [-0.15, -0.1) is 24.0 Å². The summed E-state index contributed by atoms with van der Waals surface area (Å²) in [4.78, 5) is 18.3. The van der Waals surface area contributed by atoms with Crippen molar-refractivity contribution < 1.29 is 9.53 Å². The van der Waals surface area contributed by atoms with E-state index in [9.17, 15) is 4.79 Å². The fourth-order valence-corrected chi connectivity index (χ4v) is 3.77. The molecule has 8 heteroatoms. The fourth-order valence-electron chi connectivity index (χ4n) is 2.99. The number of hydrogen-bond donors (Lipinski definition) is 2. The van der Waals surface area contributed by atoms with E-state index in [1.54, 1.807) is 23.3 Å². The number of hydrogen-bond acceptors (Lipinski definition) is 4. The molecule has 6 nitrogen and oxygen atoms in total. The number of benzene rings is 1. The van der Waals surface area contributed by atoms with E-state index in [0.717, 1.165) is 36.9 Å². The highest BCUT2D eigenvalue weighted by Gasteiger charge is 2.24. The zero-order chi connectivity index (χ0) is 19.1. The second-order valence-corrected chi connectivity index (χ2v) is 7.27. The van der Waals surface area contributed by atoms with Gasteiger partial charge in [0.15, 0.2) is 12.6 Å². The van der Waals surface area contributed by atoms with Gasteiger partial charge in [-0.05, 0) is 46.9 Å². The molecule has 2 aromatic rings. The minimum Gasteiger partial charge on any atom is -0.482 e. The van der Waals surface area contributed by atoms with Crippen molar-refractivity contribution in [2.24, 2.45) is 4.99 Å². The highest BCUT2D eigenvalue weighted by Crippen LogP contribution is 2.31. The molecular weight excluding hydrogens is 487 g/mol. The molecule has 0 bridgehead atoms.